The van der Waals surface area contributed by atoms with Crippen molar-refractivity contribution in [3.05, 3.63) is 24.3 Å². The van der Waals surface area contributed by atoms with Crippen LogP contribution >= 0.6 is 11.8 Å². The van der Waals surface area contributed by atoms with E-state index in [9.17, 15) is 5.26 Å². The Morgan fingerprint density at radius 1 is 1.40 bits per heavy atom. The number of thioether (sulfide) groups is 1. The fourth-order valence-corrected chi connectivity index (χ4v) is 4.05. The van der Waals surface area contributed by atoms with Gasteiger partial charge in [0.2, 0.25) is 0 Å². The molecule has 0 amide bonds. The highest BCUT2D eigenvalue weighted by molar-refractivity contribution is 8.00. The molecule has 2 atom stereocenters. The van der Waals surface area contributed by atoms with Crippen LogP contribution in [0.1, 0.15) is 33.1 Å². The molecule has 1 aliphatic carbocycles. The summed E-state index contributed by atoms with van der Waals surface area (Å²) in [7, 11) is 1.68. The predicted molar refractivity (Wildman–Crippen MR) is 83.1 cm³/mol. The molecule has 0 bridgehead atoms. The van der Waals surface area contributed by atoms with Gasteiger partial charge in [0.05, 0.1) is 13.2 Å². The molecular weight excluding hydrogens is 268 g/mol. The highest BCUT2D eigenvalue weighted by atomic mass is 32.2. The Morgan fingerprint density at radius 3 is 2.65 bits per heavy atom. The average Bonchev–Trinajstić information content (AvgIpc) is 2.82. The maximum absolute atomic E-state index is 9.48. The molecule has 0 spiro atoms. The van der Waals surface area contributed by atoms with Crippen LogP contribution in [0, 0.1) is 11.3 Å². The second kappa shape index (κ2) is 6.51. The van der Waals surface area contributed by atoms with Crippen molar-refractivity contribution in [1.29, 1.82) is 5.26 Å². The molecule has 0 aliphatic heterocycles. The van der Waals surface area contributed by atoms with Crippen molar-refractivity contribution < 1.29 is 4.74 Å². The first-order chi connectivity index (χ1) is 9.57. The molecule has 0 saturated heterocycles. The number of rotatable bonds is 5. The van der Waals surface area contributed by atoms with E-state index in [0.717, 1.165) is 25.0 Å². The van der Waals surface area contributed by atoms with Crippen LogP contribution in [0.4, 0.5) is 0 Å². The van der Waals surface area contributed by atoms with E-state index < -0.39 is 0 Å². The van der Waals surface area contributed by atoms with Gasteiger partial charge in [0.15, 0.2) is 0 Å². The molecule has 0 aromatic heterocycles. The van der Waals surface area contributed by atoms with Crippen LogP contribution in [0.15, 0.2) is 29.2 Å². The highest BCUT2D eigenvalue weighted by Gasteiger charge is 2.39. The third-order valence-corrected chi connectivity index (χ3v) is 4.89. The molecule has 1 saturated carbocycles. The van der Waals surface area contributed by atoms with E-state index >= 15 is 0 Å². The van der Waals surface area contributed by atoms with Gasteiger partial charge in [-0.2, -0.15) is 5.26 Å². The van der Waals surface area contributed by atoms with Gasteiger partial charge in [-0.3, -0.25) is 5.32 Å². The Labute approximate surface area is 125 Å². The minimum absolute atomic E-state index is 0.335. The first kappa shape index (κ1) is 15.2. The fraction of sp³-hybridized carbons (Fsp3) is 0.562. The van der Waals surface area contributed by atoms with Gasteiger partial charge >= 0.3 is 0 Å². The van der Waals surface area contributed by atoms with Crippen molar-refractivity contribution in [2.45, 2.75) is 54.8 Å². The summed E-state index contributed by atoms with van der Waals surface area (Å²) < 4.78 is 5.17. The summed E-state index contributed by atoms with van der Waals surface area (Å²) in [5, 5.41) is 13.4. The van der Waals surface area contributed by atoms with Crippen molar-refractivity contribution in [3.8, 4) is 11.8 Å². The highest BCUT2D eigenvalue weighted by Crippen LogP contribution is 2.40. The largest absolute Gasteiger partial charge is 0.497 e. The first-order valence-corrected chi connectivity index (χ1v) is 7.94. The zero-order valence-electron chi connectivity index (χ0n) is 12.3. The van der Waals surface area contributed by atoms with Crippen LogP contribution in [0.2, 0.25) is 0 Å². The molecule has 4 heteroatoms. The Bertz CT molecular complexity index is 480. The van der Waals surface area contributed by atoms with Crippen molar-refractivity contribution in [2.24, 2.45) is 0 Å². The minimum atomic E-state index is -0.335. The van der Waals surface area contributed by atoms with Gasteiger partial charge in [-0.15, -0.1) is 11.8 Å². The lowest BCUT2D eigenvalue weighted by atomic mass is 9.99. The zero-order valence-corrected chi connectivity index (χ0v) is 13.2. The number of benzene rings is 1. The summed E-state index contributed by atoms with van der Waals surface area (Å²) in [6.45, 7) is 4.20. The number of nitriles is 1. The maximum Gasteiger partial charge on any atom is 0.118 e. The Hall–Kier alpha value is -1.18. The lowest BCUT2D eigenvalue weighted by Crippen LogP contribution is -2.45. The van der Waals surface area contributed by atoms with E-state index in [1.165, 1.54) is 4.90 Å². The molecule has 0 radical (unpaired) electrons. The van der Waals surface area contributed by atoms with Gasteiger partial charge < -0.3 is 4.74 Å². The first-order valence-electron chi connectivity index (χ1n) is 7.06. The van der Waals surface area contributed by atoms with Crippen molar-refractivity contribution >= 4 is 11.8 Å². The van der Waals surface area contributed by atoms with Crippen molar-refractivity contribution in [2.75, 3.05) is 7.11 Å². The zero-order chi connectivity index (χ0) is 14.6. The molecule has 1 fully saturated rings. The molecule has 0 heterocycles. The van der Waals surface area contributed by atoms with E-state index in [-0.39, 0.29) is 5.54 Å². The summed E-state index contributed by atoms with van der Waals surface area (Å²) in [4.78, 5) is 1.24. The fourth-order valence-electron chi connectivity index (χ4n) is 2.77. The Balaban J connectivity index is 1.97. The molecular formula is C16H22N2OS. The monoisotopic (exact) mass is 290 g/mol. The number of nitrogens with zero attached hydrogens (tertiary/aromatic N) is 1. The van der Waals surface area contributed by atoms with Crippen LogP contribution < -0.4 is 10.1 Å². The van der Waals surface area contributed by atoms with Crippen molar-refractivity contribution in [1.82, 2.24) is 5.32 Å². The third kappa shape index (κ3) is 3.68. The molecule has 2 unspecified atom stereocenters. The van der Waals surface area contributed by atoms with Crippen LogP contribution in [-0.4, -0.2) is 23.9 Å². The van der Waals surface area contributed by atoms with E-state index in [2.05, 4.69) is 37.4 Å². The van der Waals surface area contributed by atoms with Gasteiger partial charge in [0.1, 0.15) is 11.3 Å². The molecule has 1 aliphatic rings. The molecule has 3 nitrogen and oxygen atoms in total. The maximum atomic E-state index is 9.48. The lowest BCUT2D eigenvalue weighted by molar-refractivity contribution is 0.386. The summed E-state index contributed by atoms with van der Waals surface area (Å²) in [6, 6.07) is 11.0. The molecule has 1 aromatic carbocycles. The van der Waals surface area contributed by atoms with Gasteiger partial charge in [-0.1, -0.05) is 0 Å². The Kier molecular flexibility index (Phi) is 4.95. The van der Waals surface area contributed by atoms with Crippen LogP contribution in [0.5, 0.6) is 5.75 Å². The molecule has 2 rings (SSSR count). The number of ether oxygens (including phenoxy) is 1. The van der Waals surface area contributed by atoms with Gasteiger partial charge in [-0.25, -0.2) is 0 Å². The van der Waals surface area contributed by atoms with Crippen LogP contribution in [0.3, 0.4) is 0 Å². The second-order valence-corrected chi connectivity index (χ2v) is 7.02. The SMILES string of the molecule is COc1ccc(SC2CCC(C#N)(NC(C)C)C2)cc1. The van der Waals surface area contributed by atoms with E-state index in [1.807, 2.05) is 23.9 Å². The van der Waals surface area contributed by atoms with Crippen molar-refractivity contribution in [3.63, 3.8) is 0 Å². The Morgan fingerprint density at radius 2 is 2.10 bits per heavy atom. The summed E-state index contributed by atoms with van der Waals surface area (Å²) >= 11 is 1.87. The third-order valence-electron chi connectivity index (χ3n) is 3.61. The quantitative estimate of drug-likeness (QED) is 0.900. The number of nitrogens with one attached hydrogen (secondary N) is 1. The topological polar surface area (TPSA) is 45.0 Å². The predicted octanol–water partition coefficient (Wildman–Crippen LogP) is 3.60. The summed E-state index contributed by atoms with van der Waals surface area (Å²) in [5.74, 6) is 0.883. The summed E-state index contributed by atoms with van der Waals surface area (Å²) in [6.07, 6.45) is 2.94. The molecule has 108 valence electrons. The van der Waals surface area contributed by atoms with Gasteiger partial charge in [0.25, 0.3) is 0 Å². The smallest absolute Gasteiger partial charge is 0.118 e. The molecule has 1 aromatic rings. The van der Waals surface area contributed by atoms with Gasteiger partial charge in [0, 0.05) is 16.2 Å². The number of hydrogen-bond acceptors (Lipinski definition) is 4. The summed E-state index contributed by atoms with van der Waals surface area (Å²) in [5.41, 5.74) is -0.335. The second-order valence-electron chi connectivity index (χ2n) is 5.65. The minimum Gasteiger partial charge on any atom is -0.497 e. The number of hydrogen-bond donors (Lipinski definition) is 1. The average molecular weight is 290 g/mol. The molecule has 20 heavy (non-hydrogen) atoms. The van der Waals surface area contributed by atoms with E-state index in [4.69, 9.17) is 4.74 Å². The van der Waals surface area contributed by atoms with Crippen LogP contribution in [-0.2, 0) is 0 Å². The van der Waals surface area contributed by atoms with E-state index in [0.29, 0.717) is 11.3 Å². The van der Waals surface area contributed by atoms with Crippen LogP contribution in [0.25, 0.3) is 0 Å². The lowest BCUT2D eigenvalue weighted by Gasteiger charge is -2.25. The molecule has 1 N–H and O–H groups in total. The standard InChI is InChI=1S/C16H22N2OS/c1-12(2)18-16(11-17)9-8-15(10-16)20-14-6-4-13(19-3)5-7-14/h4-7,12,15,18H,8-10H2,1-3H3. The normalized spacial score (nSPS) is 25.6. The van der Waals surface area contributed by atoms with E-state index in [1.54, 1.807) is 7.11 Å². The van der Waals surface area contributed by atoms with Gasteiger partial charge in [-0.05, 0) is 57.4 Å². The number of methoxy groups -OCH3 is 1.